The van der Waals surface area contributed by atoms with Crippen LogP contribution in [0, 0.1) is 0 Å². The molecule has 1 aromatic carbocycles. The van der Waals surface area contributed by atoms with Crippen LogP contribution in [0.15, 0.2) is 29.7 Å². The quantitative estimate of drug-likeness (QED) is 0.790. The number of sulfonamides is 1. The van der Waals surface area contributed by atoms with Gasteiger partial charge in [0.2, 0.25) is 10.0 Å². The maximum atomic E-state index is 11.1. The first kappa shape index (κ1) is 12.4. The molecule has 0 saturated heterocycles. The van der Waals surface area contributed by atoms with E-state index in [9.17, 15) is 13.2 Å². The molecular weight excluding hydrogens is 230 g/mol. The molecule has 0 radical (unpaired) electrons. The van der Waals surface area contributed by atoms with Crippen molar-refractivity contribution in [3.63, 3.8) is 0 Å². The Balaban J connectivity index is 2.88. The van der Waals surface area contributed by atoms with Crippen LogP contribution in [0.1, 0.15) is 15.9 Å². The number of primary sulfonamides is 1. The Bertz CT molecular complexity index is 502. The second kappa shape index (κ2) is 4.91. The van der Waals surface area contributed by atoms with E-state index in [-0.39, 0.29) is 0 Å². The number of nitrogens with two attached hydrogens (primary N) is 1. The monoisotopic (exact) mass is 241 g/mol. The standard InChI is InChI=1S/C10H11NO4S/c1-15-10(12)9-4-2-8(3-5-9)6-7-16(11,13)14/h2-7H,1H3,(H2,11,13,14)/b7-6+. The fourth-order valence-corrected chi connectivity index (χ4v) is 1.37. The van der Waals surface area contributed by atoms with Gasteiger partial charge in [0.05, 0.1) is 12.7 Å². The zero-order valence-electron chi connectivity index (χ0n) is 8.58. The summed E-state index contributed by atoms with van der Waals surface area (Å²) in [7, 11) is -2.34. The lowest BCUT2D eigenvalue weighted by Gasteiger charge is -1.98. The summed E-state index contributed by atoms with van der Waals surface area (Å²) < 4.78 is 25.8. The van der Waals surface area contributed by atoms with E-state index in [0.717, 1.165) is 5.41 Å². The fourth-order valence-electron chi connectivity index (χ4n) is 1.02. The van der Waals surface area contributed by atoms with E-state index in [2.05, 4.69) is 4.74 Å². The Hall–Kier alpha value is -1.66. The predicted octanol–water partition coefficient (Wildman–Crippen LogP) is 0.732. The highest BCUT2D eigenvalue weighted by Gasteiger charge is 2.03. The van der Waals surface area contributed by atoms with E-state index in [1.54, 1.807) is 12.1 Å². The first-order chi connectivity index (χ1) is 7.42. The summed E-state index contributed by atoms with van der Waals surface area (Å²) in [5.41, 5.74) is 1.02. The average molecular weight is 241 g/mol. The Labute approximate surface area is 93.6 Å². The number of benzene rings is 1. The molecule has 1 rings (SSSR count). The molecule has 0 spiro atoms. The van der Waals surface area contributed by atoms with Crippen molar-refractivity contribution in [2.24, 2.45) is 5.14 Å². The van der Waals surface area contributed by atoms with Gasteiger partial charge in [0, 0.05) is 5.41 Å². The van der Waals surface area contributed by atoms with E-state index in [4.69, 9.17) is 5.14 Å². The van der Waals surface area contributed by atoms with E-state index < -0.39 is 16.0 Å². The third-order valence-corrected chi connectivity index (χ3v) is 2.30. The molecule has 16 heavy (non-hydrogen) atoms. The number of hydrogen-bond acceptors (Lipinski definition) is 4. The number of carbonyl (C=O) groups is 1. The lowest BCUT2D eigenvalue weighted by atomic mass is 10.1. The smallest absolute Gasteiger partial charge is 0.337 e. The summed E-state index contributed by atoms with van der Waals surface area (Å²) in [6.07, 6.45) is 1.34. The zero-order chi connectivity index (χ0) is 12.2. The number of carbonyl (C=O) groups excluding carboxylic acids is 1. The van der Waals surface area contributed by atoms with Crippen LogP contribution in [0.4, 0.5) is 0 Å². The third-order valence-electron chi connectivity index (χ3n) is 1.78. The summed E-state index contributed by atoms with van der Waals surface area (Å²) in [6.45, 7) is 0. The van der Waals surface area contributed by atoms with Crippen LogP contribution < -0.4 is 5.14 Å². The van der Waals surface area contributed by atoms with Crippen molar-refractivity contribution in [3.05, 3.63) is 40.8 Å². The summed E-state index contributed by atoms with van der Waals surface area (Å²) in [6, 6.07) is 6.26. The second-order valence-corrected chi connectivity index (χ2v) is 4.46. The Morgan fingerprint density at radius 1 is 1.31 bits per heavy atom. The molecule has 2 N–H and O–H groups in total. The third kappa shape index (κ3) is 3.84. The largest absolute Gasteiger partial charge is 0.465 e. The molecule has 0 unspecified atom stereocenters. The minimum absolute atomic E-state index is 0.398. The van der Waals surface area contributed by atoms with Gasteiger partial charge in [-0.2, -0.15) is 0 Å². The molecule has 0 aromatic heterocycles. The first-order valence-electron chi connectivity index (χ1n) is 4.31. The molecule has 0 aliphatic heterocycles. The molecule has 86 valence electrons. The summed E-state index contributed by atoms with van der Waals surface area (Å²) in [4.78, 5) is 11.1. The maximum Gasteiger partial charge on any atom is 0.337 e. The van der Waals surface area contributed by atoms with Crippen LogP contribution >= 0.6 is 0 Å². The van der Waals surface area contributed by atoms with Gasteiger partial charge in [-0.1, -0.05) is 12.1 Å². The highest BCUT2D eigenvalue weighted by atomic mass is 32.2. The first-order valence-corrected chi connectivity index (χ1v) is 5.92. The number of esters is 1. The topological polar surface area (TPSA) is 86.5 Å². The number of methoxy groups -OCH3 is 1. The van der Waals surface area contributed by atoms with Gasteiger partial charge < -0.3 is 4.74 Å². The molecule has 0 bridgehead atoms. The Kier molecular flexibility index (Phi) is 3.81. The van der Waals surface area contributed by atoms with Gasteiger partial charge >= 0.3 is 5.97 Å². The number of hydrogen-bond donors (Lipinski definition) is 1. The lowest BCUT2D eigenvalue weighted by molar-refractivity contribution is 0.0600. The molecule has 0 amide bonds. The molecule has 6 heteroatoms. The van der Waals surface area contributed by atoms with Crippen LogP contribution in [0.2, 0.25) is 0 Å². The number of ether oxygens (including phenoxy) is 1. The zero-order valence-corrected chi connectivity index (χ0v) is 9.40. The van der Waals surface area contributed by atoms with Gasteiger partial charge in [-0.3, -0.25) is 0 Å². The van der Waals surface area contributed by atoms with Crippen LogP contribution in [-0.2, 0) is 14.8 Å². The minimum atomic E-state index is -3.63. The van der Waals surface area contributed by atoms with E-state index in [1.807, 2.05) is 0 Å². The van der Waals surface area contributed by atoms with Crippen molar-refractivity contribution in [1.29, 1.82) is 0 Å². The molecule has 1 aromatic rings. The predicted molar refractivity (Wildman–Crippen MR) is 59.9 cm³/mol. The summed E-state index contributed by atoms with van der Waals surface area (Å²) in [5.74, 6) is -0.443. The lowest BCUT2D eigenvalue weighted by Crippen LogP contribution is -2.06. The highest BCUT2D eigenvalue weighted by molar-refractivity contribution is 7.92. The van der Waals surface area contributed by atoms with Crippen LogP contribution in [-0.4, -0.2) is 21.5 Å². The van der Waals surface area contributed by atoms with Crippen molar-refractivity contribution in [2.75, 3.05) is 7.11 Å². The van der Waals surface area contributed by atoms with Crippen molar-refractivity contribution < 1.29 is 17.9 Å². The van der Waals surface area contributed by atoms with Gasteiger partial charge in [-0.15, -0.1) is 0 Å². The molecule has 0 heterocycles. The molecule has 0 saturated carbocycles. The van der Waals surface area contributed by atoms with Gasteiger partial charge in [0.25, 0.3) is 0 Å². The minimum Gasteiger partial charge on any atom is -0.465 e. The number of rotatable bonds is 3. The van der Waals surface area contributed by atoms with E-state index >= 15 is 0 Å². The highest BCUT2D eigenvalue weighted by Crippen LogP contribution is 2.07. The van der Waals surface area contributed by atoms with Gasteiger partial charge in [-0.25, -0.2) is 18.4 Å². The van der Waals surface area contributed by atoms with Gasteiger partial charge in [0.15, 0.2) is 0 Å². The van der Waals surface area contributed by atoms with Crippen LogP contribution in [0.3, 0.4) is 0 Å². The molecule has 5 nitrogen and oxygen atoms in total. The molecule has 0 atom stereocenters. The normalized spacial score (nSPS) is 11.6. The molecule has 0 aliphatic carbocycles. The summed E-state index contributed by atoms with van der Waals surface area (Å²) >= 11 is 0. The average Bonchev–Trinajstić information content (AvgIpc) is 2.25. The molecule has 0 aliphatic rings. The Morgan fingerprint density at radius 2 is 1.88 bits per heavy atom. The van der Waals surface area contributed by atoms with E-state index in [0.29, 0.717) is 11.1 Å². The van der Waals surface area contributed by atoms with Gasteiger partial charge in [-0.05, 0) is 23.8 Å². The fraction of sp³-hybridized carbons (Fsp3) is 0.100. The van der Waals surface area contributed by atoms with Crippen molar-refractivity contribution in [1.82, 2.24) is 0 Å². The molecular formula is C10H11NO4S. The maximum absolute atomic E-state index is 11.1. The van der Waals surface area contributed by atoms with Crippen LogP contribution in [0.5, 0.6) is 0 Å². The molecule has 0 fully saturated rings. The van der Waals surface area contributed by atoms with Crippen molar-refractivity contribution in [2.45, 2.75) is 0 Å². The summed E-state index contributed by atoms with van der Waals surface area (Å²) in [5, 5.41) is 5.68. The Morgan fingerprint density at radius 3 is 2.31 bits per heavy atom. The van der Waals surface area contributed by atoms with Crippen molar-refractivity contribution in [3.8, 4) is 0 Å². The SMILES string of the molecule is COC(=O)c1ccc(/C=C/S(N)(=O)=O)cc1. The van der Waals surface area contributed by atoms with E-state index in [1.165, 1.54) is 25.3 Å². The van der Waals surface area contributed by atoms with Crippen LogP contribution in [0.25, 0.3) is 6.08 Å². The van der Waals surface area contributed by atoms with Gasteiger partial charge in [0.1, 0.15) is 0 Å². The second-order valence-electron chi connectivity index (χ2n) is 3.01. The van der Waals surface area contributed by atoms with Crippen molar-refractivity contribution >= 4 is 22.1 Å².